The molecule has 0 radical (unpaired) electrons. The van der Waals surface area contributed by atoms with Crippen molar-refractivity contribution in [1.82, 2.24) is 14.7 Å². The van der Waals surface area contributed by atoms with Crippen LogP contribution in [0.25, 0.3) is 10.9 Å². The van der Waals surface area contributed by atoms with Crippen LogP contribution >= 0.6 is 0 Å². The zero-order chi connectivity index (χ0) is 16.6. The molecule has 1 fully saturated rings. The lowest BCUT2D eigenvalue weighted by molar-refractivity contribution is -0.131. The maximum absolute atomic E-state index is 13.7. The second kappa shape index (κ2) is 6.08. The van der Waals surface area contributed by atoms with E-state index in [9.17, 15) is 14.0 Å². The number of benzene rings is 1. The highest BCUT2D eigenvalue weighted by atomic mass is 19.1. The first kappa shape index (κ1) is 15.6. The number of methoxy groups -OCH3 is 1. The summed E-state index contributed by atoms with van der Waals surface area (Å²) < 4.78 is 20.2. The number of ether oxygens (including phenoxy) is 1. The molecule has 2 heterocycles. The first-order chi connectivity index (χ1) is 11.0. The summed E-state index contributed by atoms with van der Waals surface area (Å²) in [6.07, 6.45) is -1.76. The van der Waals surface area contributed by atoms with E-state index >= 15 is 0 Å². The van der Waals surface area contributed by atoms with E-state index in [0.29, 0.717) is 16.6 Å². The topological polar surface area (TPSA) is 64.4 Å². The van der Waals surface area contributed by atoms with Crippen LogP contribution in [-0.4, -0.2) is 58.8 Å². The molecule has 2 aromatic rings. The van der Waals surface area contributed by atoms with Crippen molar-refractivity contribution in [2.24, 2.45) is 0 Å². The molecule has 3 rings (SSSR count). The maximum Gasteiger partial charge on any atom is 0.244 e. The quantitative estimate of drug-likeness (QED) is 0.800. The van der Waals surface area contributed by atoms with E-state index in [2.05, 4.69) is 5.10 Å². The zero-order valence-corrected chi connectivity index (χ0v) is 13.0. The van der Waals surface area contributed by atoms with Gasteiger partial charge in [0.05, 0.1) is 12.1 Å². The third-order valence-corrected chi connectivity index (χ3v) is 4.13. The van der Waals surface area contributed by atoms with Crippen molar-refractivity contribution in [3.63, 3.8) is 0 Å². The fourth-order valence-corrected chi connectivity index (χ4v) is 2.90. The summed E-state index contributed by atoms with van der Waals surface area (Å²) in [5.41, 5.74) is 1.05. The Morgan fingerprint density at radius 2 is 2.09 bits per heavy atom. The van der Waals surface area contributed by atoms with E-state index < -0.39 is 12.3 Å². The number of alkyl halides is 1. The van der Waals surface area contributed by atoms with E-state index in [1.807, 2.05) is 18.2 Å². The van der Waals surface area contributed by atoms with Gasteiger partial charge in [-0.15, -0.1) is 0 Å². The molecule has 0 saturated carbocycles. The molecule has 23 heavy (non-hydrogen) atoms. The predicted octanol–water partition coefficient (Wildman–Crippen LogP) is 1.43. The van der Waals surface area contributed by atoms with Crippen LogP contribution < -0.4 is 0 Å². The molecule has 122 valence electrons. The van der Waals surface area contributed by atoms with Gasteiger partial charge in [0.25, 0.3) is 0 Å². The summed E-state index contributed by atoms with van der Waals surface area (Å²) in [4.78, 5) is 25.5. The van der Waals surface area contributed by atoms with Crippen molar-refractivity contribution in [2.75, 3.05) is 20.2 Å². The van der Waals surface area contributed by atoms with Crippen molar-refractivity contribution in [2.45, 2.75) is 25.7 Å². The van der Waals surface area contributed by atoms with E-state index in [4.69, 9.17) is 4.74 Å². The molecule has 1 saturated heterocycles. The lowest BCUT2D eigenvalue weighted by Crippen LogP contribution is -2.33. The van der Waals surface area contributed by atoms with Gasteiger partial charge < -0.3 is 9.64 Å². The summed E-state index contributed by atoms with van der Waals surface area (Å²) in [5, 5.41) is 4.97. The average molecular weight is 319 g/mol. The van der Waals surface area contributed by atoms with Crippen LogP contribution in [0.3, 0.4) is 0 Å². The monoisotopic (exact) mass is 319 g/mol. The van der Waals surface area contributed by atoms with Gasteiger partial charge >= 0.3 is 0 Å². The zero-order valence-electron chi connectivity index (χ0n) is 13.0. The number of hydrogen-bond donors (Lipinski definition) is 0. The second-order valence-corrected chi connectivity index (χ2v) is 5.67. The van der Waals surface area contributed by atoms with Crippen LogP contribution in [0.1, 0.15) is 17.4 Å². The number of aromatic nitrogens is 2. The van der Waals surface area contributed by atoms with Gasteiger partial charge in [-0.2, -0.15) is 5.10 Å². The normalized spacial score (nSPS) is 21.1. The Bertz CT molecular complexity index is 758. The Labute approximate surface area is 132 Å². The lowest BCUT2D eigenvalue weighted by Gasteiger charge is -2.15. The number of carbonyl (C=O) groups is 2. The fourth-order valence-electron chi connectivity index (χ4n) is 2.90. The second-order valence-electron chi connectivity index (χ2n) is 5.67. The van der Waals surface area contributed by atoms with E-state index in [-0.39, 0.29) is 31.3 Å². The van der Waals surface area contributed by atoms with Crippen LogP contribution in [-0.2, 0) is 16.1 Å². The summed E-state index contributed by atoms with van der Waals surface area (Å²) in [5.74, 6) is -0.396. The molecule has 0 bridgehead atoms. The SMILES string of the molecule is COC1CN(C(=O)Cn2nc(C(C)=O)c3ccccc32)CC1F. The number of para-hydroxylation sites is 1. The average Bonchev–Trinajstić information content (AvgIpc) is 3.08. The Morgan fingerprint density at radius 1 is 1.35 bits per heavy atom. The van der Waals surface area contributed by atoms with Crippen LogP contribution in [0.15, 0.2) is 24.3 Å². The molecule has 0 aliphatic carbocycles. The van der Waals surface area contributed by atoms with Crippen LogP contribution in [0, 0.1) is 0 Å². The molecule has 7 heteroatoms. The van der Waals surface area contributed by atoms with E-state index in [1.165, 1.54) is 23.6 Å². The van der Waals surface area contributed by atoms with Gasteiger partial charge in [0, 0.05) is 26.0 Å². The molecule has 1 aromatic carbocycles. The van der Waals surface area contributed by atoms with Gasteiger partial charge in [0.15, 0.2) is 5.78 Å². The van der Waals surface area contributed by atoms with Crippen molar-refractivity contribution in [3.05, 3.63) is 30.0 Å². The number of rotatable bonds is 4. The van der Waals surface area contributed by atoms with E-state index in [1.54, 1.807) is 6.07 Å². The lowest BCUT2D eigenvalue weighted by atomic mass is 10.2. The Kier molecular flexibility index (Phi) is 4.12. The van der Waals surface area contributed by atoms with Gasteiger partial charge in [0.1, 0.15) is 24.5 Å². The number of nitrogens with zero attached hydrogens (tertiary/aromatic N) is 3. The molecule has 0 N–H and O–H groups in total. The summed E-state index contributed by atoms with van der Waals surface area (Å²) in [6.45, 7) is 1.67. The van der Waals surface area contributed by atoms with E-state index in [0.717, 1.165) is 0 Å². The molecule has 1 aromatic heterocycles. The van der Waals surface area contributed by atoms with Crippen LogP contribution in [0.5, 0.6) is 0 Å². The minimum absolute atomic E-state index is 0.0239. The number of likely N-dealkylation sites (tertiary alicyclic amines) is 1. The highest BCUT2D eigenvalue weighted by molar-refractivity contribution is 6.05. The molecule has 1 aliphatic rings. The molecule has 2 unspecified atom stereocenters. The van der Waals surface area contributed by atoms with Crippen molar-refractivity contribution >= 4 is 22.6 Å². The molecular weight excluding hydrogens is 301 g/mol. The Morgan fingerprint density at radius 3 is 2.74 bits per heavy atom. The summed E-state index contributed by atoms with van der Waals surface area (Å²) in [7, 11) is 1.44. The minimum Gasteiger partial charge on any atom is -0.377 e. The van der Waals surface area contributed by atoms with Gasteiger partial charge in [0.2, 0.25) is 5.91 Å². The molecule has 0 spiro atoms. The van der Waals surface area contributed by atoms with Crippen LogP contribution in [0.2, 0.25) is 0 Å². The summed E-state index contributed by atoms with van der Waals surface area (Å²) in [6, 6.07) is 7.25. The minimum atomic E-state index is -1.17. The molecule has 1 aliphatic heterocycles. The van der Waals surface area contributed by atoms with Crippen molar-refractivity contribution in [1.29, 1.82) is 0 Å². The van der Waals surface area contributed by atoms with Gasteiger partial charge in [-0.3, -0.25) is 14.3 Å². The molecule has 6 nitrogen and oxygen atoms in total. The number of ketones is 1. The van der Waals surface area contributed by atoms with Crippen molar-refractivity contribution in [3.8, 4) is 0 Å². The van der Waals surface area contributed by atoms with Gasteiger partial charge in [-0.25, -0.2) is 4.39 Å². The number of fused-ring (bicyclic) bond motifs is 1. The smallest absolute Gasteiger partial charge is 0.244 e. The Hall–Kier alpha value is -2.28. The Balaban J connectivity index is 1.85. The summed E-state index contributed by atoms with van der Waals surface area (Å²) >= 11 is 0. The largest absolute Gasteiger partial charge is 0.377 e. The van der Waals surface area contributed by atoms with Crippen molar-refractivity contribution < 1.29 is 18.7 Å². The molecular formula is C16H18FN3O3. The number of Topliss-reactive ketones (excluding diaryl/α,β-unsaturated/α-hetero) is 1. The third-order valence-electron chi connectivity index (χ3n) is 4.13. The highest BCUT2D eigenvalue weighted by Gasteiger charge is 2.35. The first-order valence-corrected chi connectivity index (χ1v) is 7.42. The number of halogens is 1. The number of hydrogen-bond acceptors (Lipinski definition) is 4. The molecule has 1 amide bonds. The highest BCUT2D eigenvalue weighted by Crippen LogP contribution is 2.20. The standard InChI is InChI=1S/C16H18FN3O3/c1-10(21)16-11-5-3-4-6-13(11)20(18-16)9-15(22)19-7-12(17)14(8-19)23-2/h3-6,12,14H,7-9H2,1-2H3. The number of carbonyl (C=O) groups excluding carboxylic acids is 2. The molecule has 2 atom stereocenters. The van der Waals surface area contributed by atoms with Gasteiger partial charge in [-0.1, -0.05) is 18.2 Å². The fraction of sp³-hybridized carbons (Fsp3) is 0.438. The number of amides is 1. The maximum atomic E-state index is 13.7. The van der Waals surface area contributed by atoms with Crippen LogP contribution in [0.4, 0.5) is 4.39 Å². The van der Waals surface area contributed by atoms with Gasteiger partial charge in [-0.05, 0) is 6.07 Å². The third kappa shape index (κ3) is 2.84. The first-order valence-electron chi connectivity index (χ1n) is 7.42. The predicted molar refractivity (Wildman–Crippen MR) is 82.0 cm³/mol.